The van der Waals surface area contributed by atoms with Gasteiger partial charge in [-0.25, -0.2) is 17.6 Å². The Morgan fingerprint density at radius 3 is 2.41 bits per heavy atom. The number of benzene rings is 1. The summed E-state index contributed by atoms with van der Waals surface area (Å²) in [7, 11) is -3.73. The highest BCUT2D eigenvalue weighted by molar-refractivity contribution is 7.90. The first kappa shape index (κ1) is 21.6. The minimum atomic E-state index is -3.73. The number of carbonyl (C=O) groups excluding carboxylic acids is 1. The number of rotatable bonds is 4. The van der Waals surface area contributed by atoms with Gasteiger partial charge in [-0.2, -0.15) is 0 Å². The van der Waals surface area contributed by atoms with Crippen LogP contribution in [0.25, 0.3) is 11.0 Å². The quantitative estimate of drug-likeness (QED) is 0.744. The lowest BCUT2D eigenvalue weighted by Crippen LogP contribution is -2.44. The van der Waals surface area contributed by atoms with Gasteiger partial charge in [0.1, 0.15) is 10.7 Å². The predicted molar refractivity (Wildman–Crippen MR) is 118 cm³/mol. The number of amides is 1. The Morgan fingerprint density at radius 1 is 1.12 bits per heavy atom. The van der Waals surface area contributed by atoms with Crippen molar-refractivity contribution >= 4 is 26.8 Å². The van der Waals surface area contributed by atoms with Crippen molar-refractivity contribution in [3.63, 3.8) is 0 Å². The zero-order valence-electron chi connectivity index (χ0n) is 18.2. The van der Waals surface area contributed by atoms with Crippen LogP contribution < -0.4 is 5.69 Å². The molecule has 1 aromatic carbocycles. The molecule has 8 nitrogen and oxygen atoms in total. The normalized spacial score (nSPS) is 25.0. The molecule has 3 fully saturated rings. The number of nitrogens with zero attached hydrogens (tertiary/aromatic N) is 3. The van der Waals surface area contributed by atoms with Crippen LogP contribution in [0.3, 0.4) is 0 Å². The monoisotopic (exact) mass is 464 g/mol. The Morgan fingerprint density at radius 2 is 1.78 bits per heavy atom. The number of halogens is 1. The fourth-order valence-electron chi connectivity index (χ4n) is 5.84. The molecule has 1 amide bonds. The van der Waals surface area contributed by atoms with Gasteiger partial charge in [0.05, 0.1) is 17.6 Å². The van der Waals surface area contributed by atoms with E-state index in [1.807, 2.05) is 4.90 Å². The average Bonchev–Trinajstić information content (AvgIpc) is 3.40. The molecular formula is C22H29FN4O4S. The van der Waals surface area contributed by atoms with E-state index in [-0.39, 0.29) is 17.6 Å². The van der Waals surface area contributed by atoms with Crippen molar-refractivity contribution < 1.29 is 17.6 Å². The summed E-state index contributed by atoms with van der Waals surface area (Å²) < 4.78 is 39.6. The van der Waals surface area contributed by atoms with Crippen LogP contribution in [-0.2, 0) is 14.6 Å². The Balaban J connectivity index is 1.26. The third-order valence-corrected chi connectivity index (χ3v) is 8.64. The van der Waals surface area contributed by atoms with Crippen molar-refractivity contribution in [3.8, 4) is 0 Å². The number of sulfone groups is 1. The molecule has 174 valence electrons. The van der Waals surface area contributed by atoms with E-state index in [1.54, 1.807) is 0 Å². The Labute approximate surface area is 186 Å². The van der Waals surface area contributed by atoms with Crippen LogP contribution in [0.5, 0.6) is 0 Å². The third-order valence-electron chi connectivity index (χ3n) is 7.53. The zero-order valence-corrected chi connectivity index (χ0v) is 19.0. The van der Waals surface area contributed by atoms with Gasteiger partial charge in [0.2, 0.25) is 5.91 Å². The smallest absolute Gasteiger partial charge is 0.326 e. The zero-order chi connectivity index (χ0) is 22.6. The Kier molecular flexibility index (Phi) is 5.40. The van der Waals surface area contributed by atoms with Gasteiger partial charge in [-0.05, 0) is 43.6 Å². The standard InChI is InChI=1S/C22H29FN4O4S/c1-32(30,31)20-10-18-19(9-17(20)23)27(22(29)24-18)16-5-7-25(8-6-16)13-21(28)26-11-14-3-2-4-15(14)12-26/h9-10,14-16H,2-8,11-13H2,1H3,(H,24,29)/t14-,15+. The van der Waals surface area contributed by atoms with E-state index in [0.29, 0.717) is 55.3 Å². The van der Waals surface area contributed by atoms with E-state index in [4.69, 9.17) is 0 Å². The second kappa shape index (κ2) is 7.98. The number of H-pyrrole nitrogens is 1. The summed E-state index contributed by atoms with van der Waals surface area (Å²) in [6, 6.07) is 2.19. The van der Waals surface area contributed by atoms with Gasteiger partial charge in [0.25, 0.3) is 0 Å². The molecule has 0 unspecified atom stereocenters. The summed E-state index contributed by atoms with van der Waals surface area (Å²) in [5.74, 6) is 0.702. The molecule has 5 rings (SSSR count). The van der Waals surface area contributed by atoms with Crippen molar-refractivity contribution in [2.45, 2.75) is 43.0 Å². The minimum absolute atomic E-state index is 0.128. The van der Waals surface area contributed by atoms with E-state index >= 15 is 0 Å². The number of hydrogen-bond donors (Lipinski definition) is 1. The fourth-order valence-corrected chi connectivity index (χ4v) is 6.58. The molecule has 2 atom stereocenters. The van der Waals surface area contributed by atoms with Crippen molar-refractivity contribution in [2.75, 3.05) is 39.0 Å². The van der Waals surface area contributed by atoms with Gasteiger partial charge in [-0.15, -0.1) is 0 Å². The number of nitrogens with one attached hydrogen (secondary N) is 1. The number of aromatic amines is 1. The SMILES string of the molecule is CS(=O)(=O)c1cc2[nH]c(=O)n(C3CCN(CC(=O)N4C[C@H]5CCC[C@H]5C4)CC3)c2cc1F. The minimum Gasteiger partial charge on any atom is -0.341 e. The van der Waals surface area contributed by atoms with E-state index in [1.165, 1.54) is 29.9 Å². The highest BCUT2D eigenvalue weighted by atomic mass is 32.2. The summed E-state index contributed by atoms with van der Waals surface area (Å²) in [6.45, 7) is 3.55. The highest BCUT2D eigenvalue weighted by Crippen LogP contribution is 2.37. The molecule has 0 spiro atoms. The molecule has 1 N–H and O–H groups in total. The molecule has 2 saturated heterocycles. The fraction of sp³-hybridized carbons (Fsp3) is 0.636. The van der Waals surface area contributed by atoms with Crippen LogP contribution in [0.2, 0.25) is 0 Å². The van der Waals surface area contributed by atoms with Crippen molar-refractivity contribution in [1.82, 2.24) is 19.4 Å². The summed E-state index contributed by atoms with van der Waals surface area (Å²) in [6.07, 6.45) is 6.05. The second-order valence-electron chi connectivity index (χ2n) is 9.63. The van der Waals surface area contributed by atoms with Gasteiger partial charge in [-0.3, -0.25) is 14.3 Å². The topological polar surface area (TPSA) is 95.5 Å². The van der Waals surface area contributed by atoms with Crippen LogP contribution >= 0.6 is 0 Å². The Bertz CT molecular complexity index is 1200. The third kappa shape index (κ3) is 3.87. The maximum absolute atomic E-state index is 14.5. The van der Waals surface area contributed by atoms with Gasteiger partial charge in [-0.1, -0.05) is 6.42 Å². The lowest BCUT2D eigenvalue weighted by Gasteiger charge is -2.33. The van der Waals surface area contributed by atoms with E-state index in [2.05, 4.69) is 9.88 Å². The van der Waals surface area contributed by atoms with Gasteiger partial charge < -0.3 is 9.88 Å². The first-order chi connectivity index (χ1) is 15.2. The lowest BCUT2D eigenvalue weighted by atomic mass is 10.0. The number of aromatic nitrogens is 2. The van der Waals surface area contributed by atoms with Gasteiger partial charge in [0.15, 0.2) is 9.84 Å². The van der Waals surface area contributed by atoms with Crippen LogP contribution in [0.15, 0.2) is 21.8 Å². The summed E-state index contributed by atoms with van der Waals surface area (Å²) in [5.41, 5.74) is 0.315. The van der Waals surface area contributed by atoms with Crippen molar-refractivity contribution in [1.29, 1.82) is 0 Å². The molecule has 0 radical (unpaired) electrons. The molecule has 32 heavy (non-hydrogen) atoms. The second-order valence-corrected chi connectivity index (χ2v) is 11.6. The summed E-state index contributed by atoms with van der Waals surface area (Å²) in [5, 5.41) is 0. The number of piperidine rings is 1. The van der Waals surface area contributed by atoms with E-state index < -0.39 is 20.5 Å². The molecular weight excluding hydrogens is 435 g/mol. The van der Waals surface area contributed by atoms with Crippen LogP contribution in [0.1, 0.15) is 38.1 Å². The molecule has 2 aliphatic heterocycles. The number of fused-ring (bicyclic) bond motifs is 2. The first-order valence-electron chi connectivity index (χ1n) is 11.3. The van der Waals surface area contributed by atoms with Crippen LogP contribution in [0.4, 0.5) is 4.39 Å². The Hall–Kier alpha value is -2.20. The van der Waals surface area contributed by atoms with Crippen LogP contribution in [-0.4, -0.2) is 72.7 Å². The number of hydrogen-bond acceptors (Lipinski definition) is 5. The molecule has 3 aliphatic rings. The summed E-state index contributed by atoms with van der Waals surface area (Å²) in [4.78, 5) is 31.8. The van der Waals surface area contributed by atoms with Crippen molar-refractivity contribution in [3.05, 3.63) is 28.4 Å². The molecule has 10 heteroatoms. The summed E-state index contributed by atoms with van der Waals surface area (Å²) >= 11 is 0. The van der Waals surface area contributed by atoms with E-state index in [0.717, 1.165) is 25.4 Å². The number of likely N-dealkylation sites (tertiary alicyclic amines) is 2. The molecule has 3 heterocycles. The maximum Gasteiger partial charge on any atom is 0.326 e. The molecule has 0 bridgehead atoms. The largest absolute Gasteiger partial charge is 0.341 e. The highest BCUT2D eigenvalue weighted by Gasteiger charge is 2.38. The van der Waals surface area contributed by atoms with Crippen LogP contribution in [0, 0.1) is 17.7 Å². The van der Waals surface area contributed by atoms with E-state index in [9.17, 15) is 22.4 Å². The van der Waals surface area contributed by atoms with Gasteiger partial charge >= 0.3 is 5.69 Å². The average molecular weight is 465 g/mol. The lowest BCUT2D eigenvalue weighted by molar-refractivity contribution is -0.132. The predicted octanol–water partition coefficient (Wildman–Crippen LogP) is 1.77. The first-order valence-corrected chi connectivity index (χ1v) is 13.2. The number of carbonyl (C=O) groups is 1. The molecule has 2 aromatic rings. The number of imidazole rings is 1. The van der Waals surface area contributed by atoms with Gasteiger partial charge in [0, 0.05) is 44.5 Å². The maximum atomic E-state index is 14.5. The molecule has 1 aromatic heterocycles. The molecule has 1 aliphatic carbocycles. The molecule has 1 saturated carbocycles. The van der Waals surface area contributed by atoms with Crippen molar-refractivity contribution in [2.24, 2.45) is 11.8 Å².